The van der Waals surface area contributed by atoms with Gasteiger partial charge in [0, 0.05) is 47.0 Å². The lowest BCUT2D eigenvalue weighted by atomic mass is 10.1. The minimum atomic E-state index is -0.245. The fourth-order valence-electron chi connectivity index (χ4n) is 3.71. The first-order valence-electron chi connectivity index (χ1n) is 8.90. The monoisotopic (exact) mass is 335 g/mol. The highest BCUT2D eigenvalue weighted by atomic mass is 19.1. The zero-order chi connectivity index (χ0) is 17.4. The van der Waals surface area contributed by atoms with Crippen LogP contribution in [0.25, 0.3) is 32.7 Å². The van der Waals surface area contributed by atoms with E-state index in [1.54, 1.807) is 0 Å². The maximum absolute atomic E-state index is 13.6. The highest BCUT2D eigenvalue weighted by Gasteiger charge is 2.14. The molecule has 0 aliphatic rings. The van der Waals surface area contributed by atoms with Gasteiger partial charge in [0.1, 0.15) is 5.82 Å². The van der Waals surface area contributed by atoms with Gasteiger partial charge in [0.25, 0.3) is 0 Å². The van der Waals surface area contributed by atoms with Crippen LogP contribution in [-0.2, 0) is 6.54 Å². The lowest BCUT2D eigenvalue weighted by Gasteiger charge is -2.19. The Labute approximate surface area is 146 Å². The van der Waals surface area contributed by atoms with Gasteiger partial charge < -0.3 is 9.47 Å². The molecule has 128 valence electrons. The second-order valence-corrected chi connectivity index (χ2v) is 6.38. The van der Waals surface area contributed by atoms with Gasteiger partial charge in [0.05, 0.1) is 11.0 Å². The van der Waals surface area contributed by atoms with Gasteiger partial charge >= 0.3 is 0 Å². The summed E-state index contributed by atoms with van der Waals surface area (Å²) in [5.74, 6) is -0.245. The summed E-state index contributed by atoms with van der Waals surface area (Å²) >= 11 is 0. The first-order valence-corrected chi connectivity index (χ1v) is 8.90. The Morgan fingerprint density at radius 2 is 1.80 bits per heavy atom. The first-order chi connectivity index (χ1) is 12.2. The summed E-state index contributed by atoms with van der Waals surface area (Å²) in [5.41, 5.74) is 3.07. The molecular formula is C21H22FN3. The normalized spacial score (nSPS) is 12.0. The van der Waals surface area contributed by atoms with Crippen LogP contribution in [0.3, 0.4) is 0 Å². The maximum Gasteiger partial charge on any atom is 0.125 e. The number of fused-ring (bicyclic) bond motifs is 5. The van der Waals surface area contributed by atoms with E-state index in [0.717, 1.165) is 42.5 Å². The molecule has 2 aromatic heterocycles. The van der Waals surface area contributed by atoms with E-state index in [0.29, 0.717) is 5.52 Å². The van der Waals surface area contributed by atoms with Crippen molar-refractivity contribution in [3.8, 4) is 0 Å². The molecule has 2 heterocycles. The highest BCUT2D eigenvalue weighted by molar-refractivity contribution is 6.16. The summed E-state index contributed by atoms with van der Waals surface area (Å²) in [6.07, 6.45) is 1.88. The predicted molar refractivity (Wildman–Crippen MR) is 102 cm³/mol. The number of aromatic nitrogens is 2. The van der Waals surface area contributed by atoms with E-state index in [2.05, 4.69) is 52.6 Å². The van der Waals surface area contributed by atoms with Crippen LogP contribution < -0.4 is 0 Å². The Hall–Kier alpha value is -2.46. The molecule has 25 heavy (non-hydrogen) atoms. The largest absolute Gasteiger partial charge is 0.339 e. The molecule has 4 heteroatoms. The molecule has 4 rings (SSSR count). The molecule has 4 aromatic rings. The summed E-state index contributed by atoms with van der Waals surface area (Å²) in [4.78, 5) is 6.92. The number of hydrogen-bond donors (Lipinski definition) is 0. The van der Waals surface area contributed by atoms with Crippen molar-refractivity contribution in [2.24, 2.45) is 0 Å². The molecule has 0 unspecified atom stereocenters. The van der Waals surface area contributed by atoms with E-state index in [1.807, 2.05) is 12.3 Å². The molecule has 3 nitrogen and oxygen atoms in total. The minimum Gasteiger partial charge on any atom is -0.339 e. The van der Waals surface area contributed by atoms with E-state index < -0.39 is 0 Å². The highest BCUT2D eigenvalue weighted by Crippen LogP contribution is 2.33. The predicted octanol–water partition coefficient (Wildman–Crippen LogP) is 4.82. The third-order valence-corrected chi connectivity index (χ3v) is 5.09. The van der Waals surface area contributed by atoms with Crippen molar-refractivity contribution < 1.29 is 4.39 Å². The molecule has 0 aliphatic heterocycles. The summed E-state index contributed by atoms with van der Waals surface area (Å²) in [7, 11) is 0. The molecule has 0 bridgehead atoms. The lowest BCUT2D eigenvalue weighted by molar-refractivity contribution is 0.293. The van der Waals surface area contributed by atoms with Crippen molar-refractivity contribution in [1.29, 1.82) is 0 Å². The molecule has 0 N–H and O–H groups in total. The van der Waals surface area contributed by atoms with Crippen molar-refractivity contribution in [3.63, 3.8) is 0 Å². The number of pyridine rings is 1. The van der Waals surface area contributed by atoms with Crippen molar-refractivity contribution in [2.45, 2.75) is 20.4 Å². The van der Waals surface area contributed by atoms with Crippen LogP contribution in [0, 0.1) is 5.82 Å². The van der Waals surface area contributed by atoms with E-state index in [1.165, 1.54) is 23.0 Å². The van der Waals surface area contributed by atoms with E-state index in [4.69, 9.17) is 0 Å². The topological polar surface area (TPSA) is 21.1 Å². The van der Waals surface area contributed by atoms with Crippen LogP contribution >= 0.6 is 0 Å². The Morgan fingerprint density at radius 3 is 2.60 bits per heavy atom. The van der Waals surface area contributed by atoms with Gasteiger partial charge in [0.2, 0.25) is 0 Å². The van der Waals surface area contributed by atoms with Gasteiger partial charge in [-0.25, -0.2) is 4.39 Å². The smallest absolute Gasteiger partial charge is 0.125 e. The SMILES string of the molecule is CCN(CC)CCn1c2ccccc2c2cnc3cc(F)ccc3c21. The van der Waals surface area contributed by atoms with Gasteiger partial charge in [-0.1, -0.05) is 32.0 Å². The Morgan fingerprint density at radius 1 is 1.00 bits per heavy atom. The number of halogens is 1. The van der Waals surface area contributed by atoms with Gasteiger partial charge in [-0.05, 0) is 31.3 Å². The molecule has 0 fully saturated rings. The van der Waals surface area contributed by atoms with Crippen molar-refractivity contribution in [1.82, 2.24) is 14.5 Å². The zero-order valence-electron chi connectivity index (χ0n) is 14.7. The third kappa shape index (κ3) is 2.67. The van der Waals surface area contributed by atoms with Crippen LogP contribution in [0.1, 0.15) is 13.8 Å². The van der Waals surface area contributed by atoms with E-state index in [-0.39, 0.29) is 5.82 Å². The Kier molecular flexibility index (Phi) is 4.14. The number of likely N-dealkylation sites (N-methyl/N-ethyl adjacent to an activating group) is 1. The van der Waals surface area contributed by atoms with Crippen LogP contribution in [0.15, 0.2) is 48.7 Å². The first kappa shape index (κ1) is 16.0. The molecule has 0 amide bonds. The molecule has 2 aromatic carbocycles. The standard InChI is InChI=1S/C21H22FN3/c1-3-24(4-2)11-12-25-20-8-6-5-7-16(20)18-14-23-19-13-15(22)9-10-17(19)21(18)25/h5-10,13-14H,3-4,11-12H2,1-2H3. The summed E-state index contributed by atoms with van der Waals surface area (Å²) in [6, 6.07) is 13.3. The lowest BCUT2D eigenvalue weighted by Crippen LogP contribution is -2.27. The van der Waals surface area contributed by atoms with Crippen LogP contribution in [-0.4, -0.2) is 34.1 Å². The van der Waals surface area contributed by atoms with Gasteiger partial charge in [0.15, 0.2) is 0 Å². The molecule has 0 aliphatic carbocycles. The Bertz CT molecular complexity index is 1050. The van der Waals surface area contributed by atoms with Crippen LogP contribution in [0.2, 0.25) is 0 Å². The summed E-state index contributed by atoms with van der Waals surface area (Å²) < 4.78 is 16.0. The molecule has 0 atom stereocenters. The fraction of sp³-hybridized carbons (Fsp3) is 0.286. The maximum atomic E-state index is 13.6. The van der Waals surface area contributed by atoms with Gasteiger partial charge in [-0.3, -0.25) is 4.98 Å². The summed E-state index contributed by atoms with van der Waals surface area (Å²) in [5, 5.41) is 3.35. The number of hydrogen-bond acceptors (Lipinski definition) is 2. The number of nitrogens with zero attached hydrogens (tertiary/aromatic N) is 3. The van der Waals surface area contributed by atoms with E-state index in [9.17, 15) is 4.39 Å². The van der Waals surface area contributed by atoms with Crippen LogP contribution in [0.5, 0.6) is 0 Å². The van der Waals surface area contributed by atoms with Crippen LogP contribution in [0.4, 0.5) is 4.39 Å². The molecule has 0 spiro atoms. The summed E-state index contributed by atoms with van der Waals surface area (Å²) in [6.45, 7) is 8.37. The second-order valence-electron chi connectivity index (χ2n) is 6.38. The zero-order valence-corrected chi connectivity index (χ0v) is 14.7. The Balaban J connectivity index is 1.99. The molecule has 0 saturated heterocycles. The van der Waals surface area contributed by atoms with Crippen molar-refractivity contribution in [3.05, 3.63) is 54.5 Å². The second kappa shape index (κ2) is 6.45. The fourth-order valence-corrected chi connectivity index (χ4v) is 3.71. The minimum absolute atomic E-state index is 0.245. The number of rotatable bonds is 5. The average molecular weight is 335 g/mol. The van der Waals surface area contributed by atoms with E-state index >= 15 is 0 Å². The third-order valence-electron chi connectivity index (χ3n) is 5.09. The van der Waals surface area contributed by atoms with Gasteiger partial charge in [-0.2, -0.15) is 0 Å². The quantitative estimate of drug-likeness (QED) is 0.521. The molecule has 0 saturated carbocycles. The molecule has 0 radical (unpaired) electrons. The van der Waals surface area contributed by atoms with Gasteiger partial charge in [-0.15, -0.1) is 0 Å². The number of para-hydroxylation sites is 1. The number of benzene rings is 2. The van der Waals surface area contributed by atoms with Crippen molar-refractivity contribution >= 4 is 32.7 Å². The van der Waals surface area contributed by atoms with Crippen molar-refractivity contribution in [2.75, 3.05) is 19.6 Å². The average Bonchev–Trinajstić information content (AvgIpc) is 2.96. The molecular weight excluding hydrogens is 313 g/mol.